The van der Waals surface area contributed by atoms with Crippen LogP contribution in [0.15, 0.2) is 36.5 Å². The molecule has 1 aromatic carbocycles. The van der Waals surface area contributed by atoms with Crippen molar-refractivity contribution >= 4 is 5.69 Å². The van der Waals surface area contributed by atoms with Crippen LogP contribution in [-0.2, 0) is 0 Å². The fraction of sp³-hybridized carbons (Fsp3) is 0.154. The number of ether oxygens (including phenoxy) is 1. The molecular weight excluding hydrogens is 200 g/mol. The maximum Gasteiger partial charge on any atom is 0.222 e. The number of hydrogen-bond acceptors (Lipinski definition) is 3. The average molecular weight is 214 g/mol. The van der Waals surface area contributed by atoms with E-state index in [0.717, 1.165) is 11.1 Å². The molecule has 0 saturated carbocycles. The van der Waals surface area contributed by atoms with Crippen molar-refractivity contribution in [2.45, 2.75) is 13.8 Å². The molecule has 0 bridgehead atoms. The number of anilines is 1. The highest BCUT2D eigenvalue weighted by Crippen LogP contribution is 2.28. The summed E-state index contributed by atoms with van der Waals surface area (Å²) in [6.07, 6.45) is 1.70. The largest absolute Gasteiger partial charge is 0.437 e. The molecule has 16 heavy (non-hydrogen) atoms. The summed E-state index contributed by atoms with van der Waals surface area (Å²) in [7, 11) is 0. The summed E-state index contributed by atoms with van der Waals surface area (Å²) in [6.45, 7) is 3.95. The van der Waals surface area contributed by atoms with Gasteiger partial charge in [-0.2, -0.15) is 0 Å². The minimum absolute atomic E-state index is 0.597. The van der Waals surface area contributed by atoms with Gasteiger partial charge in [-0.15, -0.1) is 0 Å². The summed E-state index contributed by atoms with van der Waals surface area (Å²) >= 11 is 0. The lowest BCUT2D eigenvalue weighted by molar-refractivity contribution is 0.461. The summed E-state index contributed by atoms with van der Waals surface area (Å²) in [5.41, 5.74) is 8.55. The Hall–Kier alpha value is -2.03. The van der Waals surface area contributed by atoms with Crippen molar-refractivity contribution < 1.29 is 4.74 Å². The van der Waals surface area contributed by atoms with Gasteiger partial charge in [0, 0.05) is 11.8 Å². The Morgan fingerprint density at radius 1 is 1.19 bits per heavy atom. The lowest BCUT2D eigenvalue weighted by Gasteiger charge is -2.09. The highest BCUT2D eigenvalue weighted by molar-refractivity contribution is 5.55. The van der Waals surface area contributed by atoms with Crippen molar-refractivity contribution in [3.05, 3.63) is 47.7 Å². The maximum absolute atomic E-state index is 5.83. The number of aryl methyl sites for hydroxylation is 2. The van der Waals surface area contributed by atoms with Gasteiger partial charge in [-0.25, -0.2) is 4.98 Å². The van der Waals surface area contributed by atoms with Crippen molar-refractivity contribution in [1.29, 1.82) is 0 Å². The van der Waals surface area contributed by atoms with Gasteiger partial charge in [0.1, 0.15) is 0 Å². The Labute approximate surface area is 94.9 Å². The highest BCUT2D eigenvalue weighted by Gasteiger charge is 2.05. The van der Waals surface area contributed by atoms with E-state index in [0.29, 0.717) is 17.3 Å². The molecule has 2 rings (SSSR count). The molecular formula is C13H14N2O. The number of benzene rings is 1. The second kappa shape index (κ2) is 4.23. The van der Waals surface area contributed by atoms with Crippen molar-refractivity contribution in [3.8, 4) is 11.6 Å². The lowest BCUT2D eigenvalue weighted by Crippen LogP contribution is -1.95. The third-order valence-corrected chi connectivity index (χ3v) is 2.34. The molecule has 0 aliphatic heterocycles. The van der Waals surface area contributed by atoms with E-state index in [1.54, 1.807) is 6.20 Å². The van der Waals surface area contributed by atoms with E-state index < -0.39 is 0 Å². The van der Waals surface area contributed by atoms with E-state index >= 15 is 0 Å². The molecule has 0 unspecified atom stereocenters. The second-order valence-electron chi connectivity index (χ2n) is 3.77. The Morgan fingerprint density at radius 2 is 2.00 bits per heavy atom. The SMILES string of the molecule is Cc1ccc(N)c(Oc2ncccc2C)c1. The molecule has 0 radical (unpaired) electrons. The normalized spacial score (nSPS) is 10.1. The van der Waals surface area contributed by atoms with Crippen LogP contribution < -0.4 is 10.5 Å². The number of pyridine rings is 1. The number of hydrogen-bond donors (Lipinski definition) is 1. The third kappa shape index (κ3) is 2.14. The monoisotopic (exact) mass is 214 g/mol. The molecule has 2 aromatic rings. The number of nitrogens with zero attached hydrogens (tertiary/aromatic N) is 1. The zero-order valence-electron chi connectivity index (χ0n) is 9.40. The van der Waals surface area contributed by atoms with E-state index in [1.807, 2.05) is 44.2 Å². The molecule has 0 saturated heterocycles. The molecule has 0 aliphatic rings. The summed E-state index contributed by atoms with van der Waals surface area (Å²) in [5, 5.41) is 0. The molecule has 0 fully saturated rings. The highest BCUT2D eigenvalue weighted by atomic mass is 16.5. The molecule has 1 heterocycles. The van der Waals surface area contributed by atoms with Crippen molar-refractivity contribution in [3.63, 3.8) is 0 Å². The van der Waals surface area contributed by atoms with Gasteiger partial charge >= 0.3 is 0 Å². The molecule has 2 N–H and O–H groups in total. The first-order chi connectivity index (χ1) is 7.66. The van der Waals surface area contributed by atoms with E-state index in [-0.39, 0.29) is 0 Å². The summed E-state index contributed by atoms with van der Waals surface area (Å²) in [5.74, 6) is 1.25. The first-order valence-electron chi connectivity index (χ1n) is 5.12. The van der Waals surface area contributed by atoms with Crippen LogP contribution in [0.3, 0.4) is 0 Å². The zero-order valence-corrected chi connectivity index (χ0v) is 9.40. The molecule has 3 heteroatoms. The Balaban J connectivity index is 2.34. The Bertz CT molecular complexity index is 509. The predicted molar refractivity (Wildman–Crippen MR) is 64.6 cm³/mol. The lowest BCUT2D eigenvalue weighted by atomic mass is 10.2. The van der Waals surface area contributed by atoms with E-state index in [1.165, 1.54) is 0 Å². The first-order valence-corrected chi connectivity index (χ1v) is 5.12. The van der Waals surface area contributed by atoms with Gasteiger partial charge < -0.3 is 10.5 Å². The summed E-state index contributed by atoms with van der Waals surface area (Å²) < 4.78 is 5.68. The molecule has 0 atom stereocenters. The van der Waals surface area contributed by atoms with Crippen LogP contribution in [-0.4, -0.2) is 4.98 Å². The standard InChI is InChI=1S/C13H14N2O/c1-9-5-6-11(14)12(8-9)16-13-10(2)4-3-7-15-13/h3-8H,14H2,1-2H3. The van der Waals surface area contributed by atoms with Crippen LogP contribution in [0.25, 0.3) is 0 Å². The van der Waals surface area contributed by atoms with Crippen LogP contribution in [0.2, 0.25) is 0 Å². The first kappa shape index (κ1) is 10.5. The van der Waals surface area contributed by atoms with Crippen LogP contribution in [0.4, 0.5) is 5.69 Å². The summed E-state index contributed by atoms with van der Waals surface area (Å²) in [4.78, 5) is 4.17. The molecule has 1 aromatic heterocycles. The molecule has 0 spiro atoms. The van der Waals surface area contributed by atoms with Crippen molar-refractivity contribution in [2.24, 2.45) is 0 Å². The molecule has 0 aliphatic carbocycles. The van der Waals surface area contributed by atoms with Gasteiger partial charge in [-0.05, 0) is 37.6 Å². The van der Waals surface area contributed by atoms with Crippen molar-refractivity contribution in [2.75, 3.05) is 5.73 Å². The van der Waals surface area contributed by atoms with Crippen LogP contribution in [0.5, 0.6) is 11.6 Å². The number of nitrogens with two attached hydrogens (primary N) is 1. The van der Waals surface area contributed by atoms with E-state index in [9.17, 15) is 0 Å². The van der Waals surface area contributed by atoms with Crippen molar-refractivity contribution in [1.82, 2.24) is 4.98 Å². The zero-order chi connectivity index (χ0) is 11.5. The van der Waals surface area contributed by atoms with Gasteiger partial charge in [0.15, 0.2) is 5.75 Å². The average Bonchev–Trinajstić information content (AvgIpc) is 2.27. The van der Waals surface area contributed by atoms with Gasteiger partial charge in [-0.3, -0.25) is 0 Å². The summed E-state index contributed by atoms with van der Waals surface area (Å²) in [6, 6.07) is 9.52. The van der Waals surface area contributed by atoms with Gasteiger partial charge in [0.2, 0.25) is 5.88 Å². The molecule has 82 valence electrons. The van der Waals surface area contributed by atoms with E-state index in [4.69, 9.17) is 10.5 Å². The maximum atomic E-state index is 5.83. The second-order valence-corrected chi connectivity index (χ2v) is 3.77. The molecule has 3 nitrogen and oxygen atoms in total. The number of aromatic nitrogens is 1. The minimum atomic E-state index is 0.597. The van der Waals surface area contributed by atoms with Gasteiger partial charge in [0.05, 0.1) is 5.69 Å². The fourth-order valence-corrected chi connectivity index (χ4v) is 1.41. The fourth-order valence-electron chi connectivity index (χ4n) is 1.41. The third-order valence-electron chi connectivity index (χ3n) is 2.34. The predicted octanol–water partition coefficient (Wildman–Crippen LogP) is 3.07. The van der Waals surface area contributed by atoms with E-state index in [2.05, 4.69) is 4.98 Å². The van der Waals surface area contributed by atoms with Crippen LogP contribution in [0, 0.1) is 13.8 Å². The smallest absolute Gasteiger partial charge is 0.222 e. The topological polar surface area (TPSA) is 48.1 Å². The Kier molecular flexibility index (Phi) is 2.77. The Morgan fingerprint density at radius 3 is 2.75 bits per heavy atom. The number of nitrogen functional groups attached to an aromatic ring is 1. The number of rotatable bonds is 2. The van der Waals surface area contributed by atoms with Gasteiger partial charge in [-0.1, -0.05) is 12.1 Å². The minimum Gasteiger partial charge on any atom is -0.437 e. The quantitative estimate of drug-likeness (QED) is 0.781. The van der Waals surface area contributed by atoms with Crippen LogP contribution >= 0.6 is 0 Å². The van der Waals surface area contributed by atoms with Crippen LogP contribution in [0.1, 0.15) is 11.1 Å². The van der Waals surface area contributed by atoms with Gasteiger partial charge in [0.25, 0.3) is 0 Å². The molecule has 0 amide bonds.